The molecule has 0 bridgehead atoms. The molecule has 0 fully saturated rings. The molecule has 1 unspecified atom stereocenters. The maximum Gasteiger partial charge on any atom is 0.359 e. The van der Waals surface area contributed by atoms with E-state index in [-0.39, 0.29) is 17.0 Å². The van der Waals surface area contributed by atoms with Crippen LogP contribution in [0.1, 0.15) is 37.7 Å². The summed E-state index contributed by atoms with van der Waals surface area (Å²) in [6, 6.07) is 3.01. The summed E-state index contributed by atoms with van der Waals surface area (Å²) in [7, 11) is 0. The van der Waals surface area contributed by atoms with Gasteiger partial charge >= 0.3 is 5.97 Å². The first-order chi connectivity index (χ1) is 7.49. The highest BCUT2D eigenvalue weighted by Gasteiger charge is 2.14. The van der Waals surface area contributed by atoms with Crippen LogP contribution >= 0.6 is 11.6 Å². The van der Waals surface area contributed by atoms with Crippen molar-refractivity contribution in [2.75, 3.05) is 0 Å². The molecule has 0 aromatic carbocycles. The van der Waals surface area contributed by atoms with Crippen molar-refractivity contribution in [3.05, 3.63) is 23.0 Å². The first-order valence-electron chi connectivity index (χ1n) is 5.19. The number of carbonyl (C=O) groups excluding carboxylic acids is 1. The minimum absolute atomic E-state index is 0.120. The molecule has 1 rings (SSSR count). The topological polar surface area (TPSA) is 52.1 Å². The van der Waals surface area contributed by atoms with Gasteiger partial charge in [-0.05, 0) is 31.4 Å². The molecule has 1 aromatic rings. The summed E-state index contributed by atoms with van der Waals surface area (Å²) in [4.78, 5) is 11.6. The van der Waals surface area contributed by atoms with E-state index in [1.54, 1.807) is 0 Å². The summed E-state index contributed by atoms with van der Waals surface area (Å²) in [5.41, 5.74) is 0.181. The van der Waals surface area contributed by atoms with Crippen LogP contribution in [0.3, 0.4) is 0 Å². The summed E-state index contributed by atoms with van der Waals surface area (Å²) in [5, 5.41) is 7.49. The molecule has 5 heteroatoms. The van der Waals surface area contributed by atoms with Crippen LogP contribution in [-0.4, -0.2) is 22.3 Å². The number of hydrogen-bond acceptors (Lipinski definition) is 4. The highest BCUT2D eigenvalue weighted by Crippen LogP contribution is 2.10. The molecule has 0 aliphatic heterocycles. The molecule has 0 saturated carbocycles. The molecule has 0 aliphatic carbocycles. The van der Waals surface area contributed by atoms with Crippen LogP contribution in [0.5, 0.6) is 0 Å². The van der Waals surface area contributed by atoms with Crippen molar-refractivity contribution >= 4 is 17.6 Å². The van der Waals surface area contributed by atoms with Crippen LogP contribution in [0.25, 0.3) is 0 Å². The molecule has 0 radical (unpaired) electrons. The Hall–Kier alpha value is -1.16. The predicted molar refractivity (Wildman–Crippen MR) is 61.4 cm³/mol. The summed E-state index contributed by atoms with van der Waals surface area (Å²) in [6.07, 6.45) is 0.706. The number of rotatable bonds is 4. The molecular weight excluding hydrogens is 228 g/mol. The lowest BCUT2D eigenvalue weighted by Crippen LogP contribution is -2.18. The van der Waals surface area contributed by atoms with E-state index in [0.29, 0.717) is 5.92 Å². The van der Waals surface area contributed by atoms with E-state index in [2.05, 4.69) is 24.0 Å². The van der Waals surface area contributed by atoms with Gasteiger partial charge in [0.1, 0.15) is 0 Å². The number of carbonyl (C=O) groups is 1. The average Bonchev–Trinajstić information content (AvgIpc) is 2.16. The fourth-order valence-corrected chi connectivity index (χ4v) is 1.48. The highest BCUT2D eigenvalue weighted by atomic mass is 35.5. The Balaban J connectivity index is 2.55. The molecule has 0 amide bonds. The van der Waals surface area contributed by atoms with Crippen LogP contribution in [0.2, 0.25) is 5.15 Å². The van der Waals surface area contributed by atoms with Crippen LogP contribution < -0.4 is 0 Å². The van der Waals surface area contributed by atoms with Gasteiger partial charge in [-0.3, -0.25) is 0 Å². The van der Waals surface area contributed by atoms with Crippen molar-refractivity contribution in [2.24, 2.45) is 5.92 Å². The molecule has 1 atom stereocenters. The van der Waals surface area contributed by atoms with Gasteiger partial charge in [0.25, 0.3) is 0 Å². The molecule has 16 heavy (non-hydrogen) atoms. The zero-order valence-electron chi connectivity index (χ0n) is 9.61. The summed E-state index contributed by atoms with van der Waals surface area (Å²) < 4.78 is 5.20. The predicted octanol–water partition coefficient (Wildman–Crippen LogP) is 2.72. The number of hydrogen-bond donors (Lipinski definition) is 0. The van der Waals surface area contributed by atoms with Gasteiger partial charge < -0.3 is 4.74 Å². The molecule has 0 N–H and O–H groups in total. The largest absolute Gasteiger partial charge is 0.458 e. The summed E-state index contributed by atoms with van der Waals surface area (Å²) in [5.74, 6) is 0.0245. The maximum atomic E-state index is 11.6. The number of halogens is 1. The molecular formula is C11H15ClN2O2. The maximum absolute atomic E-state index is 11.6. The molecule has 4 nitrogen and oxygen atoms in total. The lowest BCUT2D eigenvalue weighted by molar-refractivity contribution is 0.0291. The Kier molecular flexibility index (Phi) is 4.68. The fourth-order valence-electron chi connectivity index (χ4n) is 1.38. The third kappa shape index (κ3) is 4.14. The van der Waals surface area contributed by atoms with Crippen molar-refractivity contribution < 1.29 is 9.53 Å². The van der Waals surface area contributed by atoms with E-state index in [4.69, 9.17) is 16.3 Å². The highest BCUT2D eigenvalue weighted by molar-refractivity contribution is 6.29. The normalized spacial score (nSPS) is 12.6. The van der Waals surface area contributed by atoms with E-state index in [9.17, 15) is 4.79 Å². The van der Waals surface area contributed by atoms with Gasteiger partial charge in [-0.15, -0.1) is 10.2 Å². The zero-order valence-corrected chi connectivity index (χ0v) is 10.4. The molecule has 1 aromatic heterocycles. The van der Waals surface area contributed by atoms with E-state index in [1.807, 2.05) is 6.92 Å². The van der Waals surface area contributed by atoms with E-state index >= 15 is 0 Å². The molecule has 0 spiro atoms. The van der Waals surface area contributed by atoms with E-state index in [1.165, 1.54) is 12.1 Å². The summed E-state index contributed by atoms with van der Waals surface area (Å²) >= 11 is 5.57. The van der Waals surface area contributed by atoms with E-state index < -0.39 is 5.97 Å². The van der Waals surface area contributed by atoms with E-state index in [0.717, 1.165) is 6.42 Å². The van der Waals surface area contributed by atoms with Gasteiger partial charge in [0.15, 0.2) is 10.8 Å². The Bertz CT molecular complexity index is 352. The molecule has 1 heterocycles. The first-order valence-corrected chi connectivity index (χ1v) is 5.57. The Labute approximate surface area is 100.0 Å². The van der Waals surface area contributed by atoms with Gasteiger partial charge in [0.2, 0.25) is 0 Å². The number of ether oxygens (including phenoxy) is 1. The SMILES string of the molecule is CC(C)CC(C)OC(=O)c1ccc(Cl)nn1. The number of aromatic nitrogens is 2. The average molecular weight is 243 g/mol. The molecule has 88 valence electrons. The lowest BCUT2D eigenvalue weighted by Gasteiger charge is -2.14. The van der Waals surface area contributed by atoms with Gasteiger partial charge in [0, 0.05) is 0 Å². The second-order valence-electron chi connectivity index (χ2n) is 4.09. The van der Waals surface area contributed by atoms with Gasteiger partial charge in [-0.2, -0.15) is 0 Å². The van der Waals surface area contributed by atoms with Crippen molar-refractivity contribution in [1.29, 1.82) is 0 Å². The minimum Gasteiger partial charge on any atom is -0.458 e. The van der Waals surface area contributed by atoms with Crippen molar-refractivity contribution in [2.45, 2.75) is 33.3 Å². The molecule has 0 saturated heterocycles. The van der Waals surface area contributed by atoms with Crippen molar-refractivity contribution in [1.82, 2.24) is 10.2 Å². The Morgan fingerprint density at radius 2 is 2.06 bits per heavy atom. The smallest absolute Gasteiger partial charge is 0.359 e. The third-order valence-electron chi connectivity index (χ3n) is 1.95. The summed E-state index contributed by atoms with van der Waals surface area (Å²) in [6.45, 7) is 6.01. The fraction of sp³-hybridized carbons (Fsp3) is 0.545. The monoisotopic (exact) mass is 242 g/mol. The van der Waals surface area contributed by atoms with Crippen LogP contribution in [0.15, 0.2) is 12.1 Å². The standard InChI is InChI=1S/C11H15ClN2O2/c1-7(2)6-8(3)16-11(15)9-4-5-10(12)14-13-9/h4-5,7-8H,6H2,1-3H3. The first kappa shape index (κ1) is 12.9. The quantitative estimate of drug-likeness (QED) is 0.762. The van der Waals surface area contributed by atoms with Crippen LogP contribution in [0, 0.1) is 5.92 Å². The number of esters is 1. The second kappa shape index (κ2) is 5.80. The minimum atomic E-state index is -0.461. The van der Waals surface area contributed by atoms with Gasteiger partial charge in [0.05, 0.1) is 6.10 Å². The van der Waals surface area contributed by atoms with Crippen LogP contribution in [0.4, 0.5) is 0 Å². The number of nitrogens with zero attached hydrogens (tertiary/aromatic N) is 2. The Morgan fingerprint density at radius 3 is 2.56 bits per heavy atom. The third-order valence-corrected chi connectivity index (χ3v) is 2.15. The zero-order chi connectivity index (χ0) is 12.1. The van der Waals surface area contributed by atoms with Gasteiger partial charge in [-0.1, -0.05) is 25.4 Å². The lowest BCUT2D eigenvalue weighted by atomic mass is 10.1. The Morgan fingerprint density at radius 1 is 1.38 bits per heavy atom. The van der Waals surface area contributed by atoms with Crippen molar-refractivity contribution in [3.8, 4) is 0 Å². The molecule has 0 aliphatic rings. The van der Waals surface area contributed by atoms with Gasteiger partial charge in [-0.25, -0.2) is 4.79 Å². The van der Waals surface area contributed by atoms with Crippen molar-refractivity contribution in [3.63, 3.8) is 0 Å². The van der Waals surface area contributed by atoms with Crippen LogP contribution in [-0.2, 0) is 4.74 Å². The second-order valence-corrected chi connectivity index (χ2v) is 4.47.